The number of nitrogens with one attached hydrogen (secondary N) is 1. The minimum atomic E-state index is -0.285. The molecule has 0 amide bonds. The predicted molar refractivity (Wildman–Crippen MR) is 82.0 cm³/mol. The Morgan fingerprint density at radius 2 is 2.19 bits per heavy atom. The molecule has 0 aliphatic heterocycles. The van der Waals surface area contributed by atoms with Crippen LogP contribution in [0.3, 0.4) is 0 Å². The predicted octanol–water partition coefficient (Wildman–Crippen LogP) is 2.66. The second-order valence-corrected chi connectivity index (χ2v) is 5.92. The van der Waals surface area contributed by atoms with Crippen LogP contribution in [0.4, 0.5) is 0 Å². The molecule has 5 heteroatoms. The molecule has 1 aliphatic rings. The van der Waals surface area contributed by atoms with Gasteiger partial charge in [0, 0.05) is 19.6 Å². The first-order valence-electron chi connectivity index (χ1n) is 8.04. The summed E-state index contributed by atoms with van der Waals surface area (Å²) in [5.41, 5.74) is 1.47. The van der Waals surface area contributed by atoms with Crippen LogP contribution in [0.15, 0.2) is 6.20 Å². The fraction of sp³-hybridized carbons (Fsp3) is 0.750. The van der Waals surface area contributed by atoms with Crippen molar-refractivity contribution in [3.63, 3.8) is 0 Å². The molecule has 2 rings (SSSR count). The lowest BCUT2D eigenvalue weighted by atomic mass is 9.84. The summed E-state index contributed by atoms with van der Waals surface area (Å²) < 4.78 is 6.84. The maximum atomic E-state index is 11.9. The molecule has 0 radical (unpaired) electrons. The van der Waals surface area contributed by atoms with Gasteiger partial charge in [0.15, 0.2) is 0 Å². The number of esters is 1. The van der Waals surface area contributed by atoms with Crippen LogP contribution in [0.2, 0.25) is 0 Å². The molecular weight excluding hydrogens is 266 g/mol. The van der Waals surface area contributed by atoms with E-state index >= 15 is 0 Å². The Balaban J connectivity index is 1.95. The average molecular weight is 293 g/mol. The molecule has 0 saturated heterocycles. The van der Waals surface area contributed by atoms with Gasteiger partial charge in [-0.15, -0.1) is 0 Å². The monoisotopic (exact) mass is 293 g/mol. The van der Waals surface area contributed by atoms with E-state index in [-0.39, 0.29) is 5.97 Å². The van der Waals surface area contributed by atoms with Crippen molar-refractivity contribution in [2.24, 2.45) is 13.0 Å². The highest BCUT2D eigenvalue weighted by Crippen LogP contribution is 2.26. The lowest BCUT2D eigenvalue weighted by Gasteiger charge is -2.28. The molecule has 0 aromatic carbocycles. The summed E-state index contributed by atoms with van der Waals surface area (Å²) in [6.07, 6.45) is 8.28. The molecule has 0 unspecified atom stereocenters. The first-order valence-corrected chi connectivity index (χ1v) is 8.04. The van der Waals surface area contributed by atoms with Crippen molar-refractivity contribution in [1.29, 1.82) is 0 Å². The molecule has 1 saturated carbocycles. The molecule has 1 N–H and O–H groups in total. The Morgan fingerprint density at radius 3 is 2.86 bits per heavy atom. The van der Waals surface area contributed by atoms with Gasteiger partial charge in [-0.05, 0) is 32.6 Å². The maximum absolute atomic E-state index is 11.9. The van der Waals surface area contributed by atoms with Crippen molar-refractivity contribution in [2.45, 2.75) is 58.5 Å². The van der Waals surface area contributed by atoms with Crippen LogP contribution in [0, 0.1) is 5.92 Å². The van der Waals surface area contributed by atoms with E-state index in [4.69, 9.17) is 4.74 Å². The summed E-state index contributed by atoms with van der Waals surface area (Å²) in [7, 11) is 1.87. The Kier molecular flexibility index (Phi) is 5.79. The Labute approximate surface area is 127 Å². The summed E-state index contributed by atoms with van der Waals surface area (Å²) >= 11 is 0. The van der Waals surface area contributed by atoms with Crippen molar-refractivity contribution in [3.05, 3.63) is 17.5 Å². The molecule has 1 aromatic rings. The molecule has 1 heterocycles. The third-order valence-corrected chi connectivity index (χ3v) is 4.51. The summed E-state index contributed by atoms with van der Waals surface area (Å²) in [6.45, 7) is 5.11. The van der Waals surface area contributed by atoms with E-state index in [9.17, 15) is 4.79 Å². The van der Waals surface area contributed by atoms with Crippen LogP contribution >= 0.6 is 0 Å². The van der Waals surface area contributed by atoms with Gasteiger partial charge in [-0.2, -0.15) is 5.10 Å². The zero-order valence-electron chi connectivity index (χ0n) is 13.4. The minimum absolute atomic E-state index is 0.285. The summed E-state index contributed by atoms with van der Waals surface area (Å²) in [5.74, 6) is 0.464. The van der Waals surface area contributed by atoms with Gasteiger partial charge in [0.25, 0.3) is 0 Å². The van der Waals surface area contributed by atoms with E-state index < -0.39 is 0 Å². The van der Waals surface area contributed by atoms with E-state index in [2.05, 4.69) is 17.3 Å². The van der Waals surface area contributed by atoms with Crippen LogP contribution < -0.4 is 5.32 Å². The largest absolute Gasteiger partial charge is 0.462 e. The van der Waals surface area contributed by atoms with E-state index in [0.717, 1.165) is 11.6 Å². The summed E-state index contributed by atoms with van der Waals surface area (Å²) in [4.78, 5) is 11.9. The number of ether oxygens (including phenoxy) is 1. The second-order valence-electron chi connectivity index (χ2n) is 5.92. The molecule has 0 bridgehead atoms. The van der Waals surface area contributed by atoms with E-state index in [1.807, 2.05) is 14.0 Å². The van der Waals surface area contributed by atoms with Gasteiger partial charge in [-0.25, -0.2) is 4.79 Å². The molecule has 1 atom stereocenters. The number of hydrogen-bond acceptors (Lipinski definition) is 4. The summed E-state index contributed by atoms with van der Waals surface area (Å²) in [5, 5.41) is 7.75. The second kappa shape index (κ2) is 7.59. The number of nitrogens with zero attached hydrogens (tertiary/aromatic N) is 2. The molecule has 118 valence electrons. The van der Waals surface area contributed by atoms with Gasteiger partial charge in [0.1, 0.15) is 5.56 Å². The lowest BCUT2D eigenvalue weighted by Crippen LogP contribution is -2.35. The maximum Gasteiger partial charge on any atom is 0.341 e. The highest BCUT2D eigenvalue weighted by Gasteiger charge is 2.22. The number of aryl methyl sites for hydroxylation is 1. The van der Waals surface area contributed by atoms with Gasteiger partial charge in [-0.1, -0.05) is 19.3 Å². The number of carbonyl (C=O) groups excluding carboxylic acids is 1. The first-order chi connectivity index (χ1) is 10.1. The number of hydrogen-bond donors (Lipinski definition) is 1. The lowest BCUT2D eigenvalue weighted by molar-refractivity contribution is 0.0524. The van der Waals surface area contributed by atoms with Crippen molar-refractivity contribution in [3.8, 4) is 0 Å². The smallest absolute Gasteiger partial charge is 0.341 e. The molecule has 1 aromatic heterocycles. The molecular formula is C16H27N3O2. The topological polar surface area (TPSA) is 56.1 Å². The molecule has 1 fully saturated rings. The fourth-order valence-electron chi connectivity index (χ4n) is 3.11. The van der Waals surface area contributed by atoms with Gasteiger partial charge >= 0.3 is 5.97 Å². The SMILES string of the molecule is CCOC(=O)c1cnn(C)c1CN[C@@H](C)C1CCCCC1. The molecule has 5 nitrogen and oxygen atoms in total. The standard InChI is InChI=1S/C16H27N3O2/c1-4-21-16(20)14-10-18-19(3)15(14)11-17-12(2)13-8-6-5-7-9-13/h10,12-13,17H,4-9,11H2,1-3H3/t12-/m0/s1. The quantitative estimate of drug-likeness (QED) is 0.819. The highest BCUT2D eigenvalue weighted by molar-refractivity contribution is 5.90. The van der Waals surface area contributed by atoms with Crippen molar-refractivity contribution in [1.82, 2.24) is 15.1 Å². The Hall–Kier alpha value is -1.36. The highest BCUT2D eigenvalue weighted by atomic mass is 16.5. The van der Waals surface area contributed by atoms with Crippen LogP contribution in [0.5, 0.6) is 0 Å². The number of aromatic nitrogens is 2. The Bertz CT molecular complexity index is 464. The van der Waals surface area contributed by atoms with Crippen LogP contribution in [-0.4, -0.2) is 28.4 Å². The fourth-order valence-corrected chi connectivity index (χ4v) is 3.11. The van der Waals surface area contributed by atoms with Crippen LogP contribution in [0.1, 0.15) is 62.0 Å². The third kappa shape index (κ3) is 4.06. The first kappa shape index (κ1) is 16.0. The van der Waals surface area contributed by atoms with Crippen LogP contribution in [0.25, 0.3) is 0 Å². The molecule has 1 aliphatic carbocycles. The zero-order chi connectivity index (χ0) is 15.2. The van der Waals surface area contributed by atoms with Crippen molar-refractivity contribution < 1.29 is 9.53 Å². The third-order valence-electron chi connectivity index (χ3n) is 4.51. The van der Waals surface area contributed by atoms with Crippen LogP contribution in [-0.2, 0) is 18.3 Å². The van der Waals surface area contributed by atoms with E-state index in [1.165, 1.54) is 32.1 Å². The zero-order valence-corrected chi connectivity index (χ0v) is 13.4. The van der Waals surface area contributed by atoms with Gasteiger partial charge in [-0.3, -0.25) is 4.68 Å². The van der Waals surface area contributed by atoms with Gasteiger partial charge in [0.05, 0.1) is 18.5 Å². The van der Waals surface area contributed by atoms with Gasteiger partial charge < -0.3 is 10.1 Å². The number of rotatable bonds is 6. The van der Waals surface area contributed by atoms with Crippen molar-refractivity contribution in [2.75, 3.05) is 6.61 Å². The van der Waals surface area contributed by atoms with Gasteiger partial charge in [0.2, 0.25) is 0 Å². The molecule has 21 heavy (non-hydrogen) atoms. The van der Waals surface area contributed by atoms with E-state index in [1.54, 1.807) is 10.9 Å². The average Bonchev–Trinajstić information content (AvgIpc) is 2.87. The van der Waals surface area contributed by atoms with Crippen molar-refractivity contribution >= 4 is 5.97 Å². The summed E-state index contributed by atoms with van der Waals surface area (Å²) in [6, 6.07) is 0.468. The van der Waals surface area contributed by atoms with E-state index in [0.29, 0.717) is 24.8 Å². The number of carbonyl (C=O) groups is 1. The Morgan fingerprint density at radius 1 is 1.48 bits per heavy atom. The minimum Gasteiger partial charge on any atom is -0.462 e. The normalized spacial score (nSPS) is 17.7. The molecule has 0 spiro atoms.